The molecule has 1 N–H and O–H groups in total. The Bertz CT molecular complexity index is 1320. The number of amides is 3. The molecular formula is C34H41N3O4S. The van der Waals surface area contributed by atoms with E-state index in [0.29, 0.717) is 26.1 Å². The summed E-state index contributed by atoms with van der Waals surface area (Å²) in [4.78, 5) is 48.4. The summed E-state index contributed by atoms with van der Waals surface area (Å²) < 4.78 is -0.769. The van der Waals surface area contributed by atoms with Crippen LogP contribution in [0.15, 0.2) is 86.0 Å². The molecule has 0 radical (unpaired) electrons. The van der Waals surface area contributed by atoms with E-state index in [4.69, 9.17) is 0 Å². The van der Waals surface area contributed by atoms with Crippen LogP contribution in [0.25, 0.3) is 0 Å². The van der Waals surface area contributed by atoms with Crippen LogP contribution in [0.2, 0.25) is 0 Å². The van der Waals surface area contributed by atoms with Crippen LogP contribution in [-0.2, 0) is 27.3 Å². The lowest BCUT2D eigenvalue weighted by molar-refractivity contribution is -0.147. The third kappa shape index (κ3) is 5.09. The SMILES string of the molecule is C=CCN(C)C(=O)[C@@H]1[C@H]2C(=O)N([C@@H](CO)Cc3ccccc3)C(C(=O)N(CC=C)Cc3ccccc3)C23S[C@@H]1CC3C. The number of aliphatic hydroxyl groups excluding tert-OH is 1. The second-order valence-electron chi connectivity index (χ2n) is 11.8. The van der Waals surface area contributed by atoms with Crippen LogP contribution in [0.1, 0.15) is 24.5 Å². The lowest BCUT2D eigenvalue weighted by atomic mass is 9.65. The third-order valence-corrected chi connectivity index (χ3v) is 11.4. The van der Waals surface area contributed by atoms with Crippen molar-refractivity contribution in [3.8, 4) is 0 Å². The molecule has 7 nitrogen and oxygen atoms in total. The fourth-order valence-electron chi connectivity index (χ4n) is 7.45. The zero-order chi connectivity index (χ0) is 30.0. The molecule has 1 spiro atoms. The average molecular weight is 588 g/mol. The van der Waals surface area contributed by atoms with Gasteiger partial charge in [0.25, 0.3) is 0 Å². The number of thioether (sulfide) groups is 1. The summed E-state index contributed by atoms with van der Waals surface area (Å²) in [6.07, 6.45) is 4.56. The maximum absolute atomic E-state index is 14.8. The molecule has 8 heteroatoms. The van der Waals surface area contributed by atoms with Gasteiger partial charge in [-0.05, 0) is 29.9 Å². The summed E-state index contributed by atoms with van der Waals surface area (Å²) in [7, 11) is 1.74. The smallest absolute Gasteiger partial charge is 0.247 e. The van der Waals surface area contributed by atoms with Crippen molar-refractivity contribution in [3.63, 3.8) is 0 Å². The van der Waals surface area contributed by atoms with Crippen LogP contribution in [0, 0.1) is 17.8 Å². The first kappa shape index (κ1) is 30.1. The van der Waals surface area contributed by atoms with E-state index in [-0.39, 0.29) is 35.5 Å². The maximum Gasteiger partial charge on any atom is 0.247 e. The maximum atomic E-state index is 14.8. The number of likely N-dealkylation sites (N-methyl/N-ethyl adjacent to an activating group) is 1. The number of fused-ring (bicyclic) bond motifs is 1. The normalized spacial score (nSPS) is 28.3. The second kappa shape index (κ2) is 12.5. The van der Waals surface area contributed by atoms with Crippen LogP contribution in [-0.4, -0.2) is 86.4 Å². The number of nitrogens with zero attached hydrogens (tertiary/aromatic N) is 3. The first-order chi connectivity index (χ1) is 20.3. The number of rotatable bonds is 12. The number of benzene rings is 2. The van der Waals surface area contributed by atoms with E-state index in [1.807, 2.05) is 60.7 Å². The van der Waals surface area contributed by atoms with E-state index in [9.17, 15) is 19.5 Å². The van der Waals surface area contributed by atoms with Crippen LogP contribution in [0.4, 0.5) is 0 Å². The Balaban J connectivity index is 1.60. The van der Waals surface area contributed by atoms with Crippen molar-refractivity contribution >= 4 is 29.5 Å². The standard InChI is InChI=1S/C34H41N3O4S/c1-5-17-35(4)31(39)28-27-19-23(3)34(42-27)29(28)32(40)37(26(22-38)20-24-13-9-7-10-14-24)30(34)33(41)36(18-6-2)21-25-15-11-8-12-16-25/h5-16,23,26-30,38H,1-2,17-22H2,3-4H3/t23?,26-,27-,28+,29+,30?,34?/m1/s1. The van der Waals surface area contributed by atoms with Crippen molar-refractivity contribution < 1.29 is 19.5 Å². The van der Waals surface area contributed by atoms with Gasteiger partial charge in [0, 0.05) is 31.9 Å². The van der Waals surface area contributed by atoms with E-state index in [0.717, 1.165) is 17.5 Å². The molecule has 2 aromatic rings. The quantitative estimate of drug-likeness (QED) is 0.383. The summed E-state index contributed by atoms with van der Waals surface area (Å²) in [5, 5.41) is 10.7. The third-order valence-electron chi connectivity index (χ3n) is 9.28. The van der Waals surface area contributed by atoms with Crippen LogP contribution < -0.4 is 0 Å². The summed E-state index contributed by atoms with van der Waals surface area (Å²) >= 11 is 1.66. The fraction of sp³-hybridized carbons (Fsp3) is 0.441. The van der Waals surface area contributed by atoms with Gasteiger partial charge in [0.1, 0.15) is 6.04 Å². The topological polar surface area (TPSA) is 81.2 Å². The van der Waals surface area contributed by atoms with Gasteiger partial charge in [-0.25, -0.2) is 0 Å². The molecule has 0 aromatic heterocycles. The predicted molar refractivity (Wildman–Crippen MR) is 166 cm³/mol. The molecule has 3 saturated heterocycles. The minimum atomic E-state index is -0.813. The lowest BCUT2D eigenvalue weighted by Gasteiger charge is -2.42. The largest absolute Gasteiger partial charge is 0.394 e. The van der Waals surface area contributed by atoms with Gasteiger partial charge in [-0.15, -0.1) is 24.9 Å². The molecule has 3 fully saturated rings. The Labute approximate surface area is 253 Å². The Morgan fingerprint density at radius 2 is 1.67 bits per heavy atom. The van der Waals surface area contributed by atoms with Gasteiger partial charge in [0.15, 0.2) is 0 Å². The summed E-state index contributed by atoms with van der Waals surface area (Å²) in [6, 6.07) is 18.1. The highest BCUT2D eigenvalue weighted by Crippen LogP contribution is 2.69. The number of hydrogen-bond donors (Lipinski definition) is 1. The molecule has 3 unspecified atom stereocenters. The van der Waals surface area contributed by atoms with E-state index in [1.165, 1.54) is 0 Å². The van der Waals surface area contributed by atoms with Gasteiger partial charge in [0.05, 0.1) is 29.2 Å². The molecule has 2 bridgehead atoms. The van der Waals surface area contributed by atoms with Crippen molar-refractivity contribution in [2.24, 2.45) is 17.8 Å². The molecule has 2 aromatic carbocycles. The minimum Gasteiger partial charge on any atom is -0.394 e. The molecule has 42 heavy (non-hydrogen) atoms. The van der Waals surface area contributed by atoms with Gasteiger partial charge >= 0.3 is 0 Å². The zero-order valence-electron chi connectivity index (χ0n) is 24.5. The van der Waals surface area contributed by atoms with Gasteiger partial charge in [-0.1, -0.05) is 79.7 Å². The lowest BCUT2D eigenvalue weighted by Crippen LogP contribution is -2.59. The van der Waals surface area contributed by atoms with Crippen molar-refractivity contribution in [1.82, 2.24) is 14.7 Å². The highest BCUT2D eigenvalue weighted by Gasteiger charge is 2.76. The molecule has 222 valence electrons. The van der Waals surface area contributed by atoms with Gasteiger partial charge in [-0.3, -0.25) is 14.4 Å². The highest BCUT2D eigenvalue weighted by molar-refractivity contribution is 8.02. The number of carbonyl (C=O) groups is 3. The Morgan fingerprint density at radius 3 is 2.26 bits per heavy atom. The summed E-state index contributed by atoms with van der Waals surface area (Å²) in [5.74, 6) is -1.57. The molecule has 3 aliphatic heterocycles. The molecule has 0 saturated carbocycles. The Morgan fingerprint density at radius 1 is 1.05 bits per heavy atom. The van der Waals surface area contributed by atoms with E-state index in [1.54, 1.807) is 45.7 Å². The number of carbonyl (C=O) groups excluding carboxylic acids is 3. The Hall–Kier alpha value is -3.36. The van der Waals surface area contributed by atoms with Crippen LogP contribution in [0.5, 0.6) is 0 Å². The second-order valence-corrected chi connectivity index (χ2v) is 13.4. The zero-order valence-corrected chi connectivity index (χ0v) is 25.3. The number of likely N-dealkylation sites (tertiary alicyclic amines) is 1. The molecule has 7 atom stereocenters. The molecule has 3 amide bonds. The van der Waals surface area contributed by atoms with Gasteiger partial charge in [0.2, 0.25) is 17.7 Å². The summed E-state index contributed by atoms with van der Waals surface area (Å²) in [5.41, 5.74) is 1.96. The first-order valence-electron chi connectivity index (χ1n) is 14.7. The monoisotopic (exact) mass is 587 g/mol. The highest BCUT2D eigenvalue weighted by atomic mass is 32.2. The molecule has 0 aliphatic carbocycles. The van der Waals surface area contributed by atoms with E-state index >= 15 is 0 Å². The Kier molecular flexibility index (Phi) is 8.94. The fourth-order valence-corrected chi connectivity index (χ4v) is 9.85. The molecule has 3 heterocycles. The van der Waals surface area contributed by atoms with Crippen LogP contribution in [0.3, 0.4) is 0 Å². The van der Waals surface area contributed by atoms with Gasteiger partial charge in [-0.2, -0.15) is 0 Å². The number of hydrogen-bond acceptors (Lipinski definition) is 5. The number of aliphatic hydroxyl groups is 1. The van der Waals surface area contributed by atoms with E-state index < -0.39 is 28.7 Å². The van der Waals surface area contributed by atoms with Crippen molar-refractivity contribution in [2.45, 2.75) is 48.4 Å². The van der Waals surface area contributed by atoms with Crippen molar-refractivity contribution in [2.75, 3.05) is 26.7 Å². The van der Waals surface area contributed by atoms with Crippen molar-refractivity contribution in [1.29, 1.82) is 0 Å². The van der Waals surface area contributed by atoms with E-state index in [2.05, 4.69) is 20.1 Å². The predicted octanol–water partition coefficient (Wildman–Crippen LogP) is 3.79. The van der Waals surface area contributed by atoms with Crippen LogP contribution >= 0.6 is 11.8 Å². The van der Waals surface area contributed by atoms with Gasteiger partial charge < -0.3 is 19.8 Å². The molecular weight excluding hydrogens is 546 g/mol. The average Bonchev–Trinajstić information content (AvgIpc) is 3.59. The first-order valence-corrected chi connectivity index (χ1v) is 15.6. The molecule has 3 aliphatic rings. The molecule has 5 rings (SSSR count). The van der Waals surface area contributed by atoms with Crippen molar-refractivity contribution in [3.05, 3.63) is 97.1 Å². The minimum absolute atomic E-state index is 0.0348. The summed E-state index contributed by atoms with van der Waals surface area (Å²) in [6.45, 7) is 10.6.